The fourth-order valence-electron chi connectivity index (χ4n) is 2.43. The highest BCUT2D eigenvalue weighted by Crippen LogP contribution is 2.17. The summed E-state index contributed by atoms with van der Waals surface area (Å²) in [6.45, 7) is 5.81. The van der Waals surface area contributed by atoms with Gasteiger partial charge in [0.05, 0.1) is 6.61 Å². The Bertz CT molecular complexity index is 884. The highest BCUT2D eigenvalue weighted by atomic mass is 16.5. The molecule has 0 bridgehead atoms. The number of rotatable bonds is 9. The number of amides is 2. The molecular weight excluding hydrogens is 368 g/mol. The first-order valence-electron chi connectivity index (χ1n) is 9.53. The number of Topliss-reactive ketones (excluding diaryl/α,β-unsaturated/α-hetero) is 1. The van der Waals surface area contributed by atoms with E-state index in [-0.39, 0.29) is 17.3 Å². The summed E-state index contributed by atoms with van der Waals surface area (Å²) < 4.78 is 5.59. The minimum atomic E-state index is -0.423. The van der Waals surface area contributed by atoms with E-state index in [2.05, 4.69) is 17.6 Å². The van der Waals surface area contributed by atoms with Gasteiger partial charge in [-0.05, 0) is 68.8 Å². The van der Waals surface area contributed by atoms with E-state index < -0.39 is 5.91 Å². The quantitative estimate of drug-likeness (QED) is 0.370. The molecule has 2 N–H and O–H groups in total. The molecule has 2 rings (SSSR count). The number of ketones is 1. The van der Waals surface area contributed by atoms with Crippen molar-refractivity contribution in [3.05, 3.63) is 65.7 Å². The van der Waals surface area contributed by atoms with Gasteiger partial charge in [0.25, 0.3) is 5.91 Å². The minimum absolute atomic E-state index is 0.0455. The lowest BCUT2D eigenvalue weighted by molar-refractivity contribution is -0.114. The maximum atomic E-state index is 12.3. The summed E-state index contributed by atoms with van der Waals surface area (Å²) in [7, 11) is 0. The Labute approximate surface area is 171 Å². The number of hydrogen-bond acceptors (Lipinski definition) is 4. The minimum Gasteiger partial charge on any atom is -0.494 e. The van der Waals surface area contributed by atoms with Crippen LogP contribution < -0.4 is 15.4 Å². The second kappa shape index (κ2) is 10.8. The van der Waals surface area contributed by atoms with Gasteiger partial charge in [0, 0.05) is 28.6 Å². The van der Waals surface area contributed by atoms with E-state index in [0.29, 0.717) is 23.5 Å². The van der Waals surface area contributed by atoms with Gasteiger partial charge in [-0.25, -0.2) is 0 Å². The first kappa shape index (κ1) is 21.9. The number of carbonyl (C=O) groups is 3. The monoisotopic (exact) mass is 394 g/mol. The molecule has 6 heteroatoms. The number of anilines is 2. The molecule has 0 atom stereocenters. The lowest BCUT2D eigenvalue weighted by Gasteiger charge is -2.08. The SMILES string of the molecule is CCCCOc1ccc(NC(=O)/C(C)=C\C(=O)Nc2ccc(C(C)=O)cc2)cc1. The fourth-order valence-corrected chi connectivity index (χ4v) is 2.43. The van der Waals surface area contributed by atoms with E-state index in [1.54, 1.807) is 55.5 Å². The van der Waals surface area contributed by atoms with Gasteiger partial charge >= 0.3 is 0 Å². The third-order valence-corrected chi connectivity index (χ3v) is 4.14. The Balaban J connectivity index is 1.90. The van der Waals surface area contributed by atoms with Gasteiger partial charge in [0.15, 0.2) is 5.78 Å². The lowest BCUT2D eigenvalue weighted by Crippen LogP contribution is -2.16. The van der Waals surface area contributed by atoms with Crippen LogP contribution in [0.15, 0.2) is 60.2 Å². The molecule has 0 aliphatic heterocycles. The Hall–Kier alpha value is -3.41. The Kier molecular flexibility index (Phi) is 8.15. The molecule has 0 aromatic heterocycles. The topological polar surface area (TPSA) is 84.5 Å². The Morgan fingerprint density at radius 3 is 2.07 bits per heavy atom. The van der Waals surface area contributed by atoms with Gasteiger partial charge in [-0.2, -0.15) is 0 Å². The van der Waals surface area contributed by atoms with E-state index in [1.807, 2.05) is 0 Å². The van der Waals surface area contributed by atoms with Crippen molar-refractivity contribution >= 4 is 29.0 Å². The molecular formula is C23H26N2O4. The average Bonchev–Trinajstić information content (AvgIpc) is 2.69. The van der Waals surface area contributed by atoms with Gasteiger partial charge in [-0.15, -0.1) is 0 Å². The van der Waals surface area contributed by atoms with Crippen LogP contribution in [0.1, 0.15) is 44.0 Å². The number of ether oxygens (including phenoxy) is 1. The normalized spacial score (nSPS) is 10.9. The molecule has 2 amide bonds. The molecule has 0 saturated heterocycles. The highest BCUT2D eigenvalue weighted by Gasteiger charge is 2.08. The highest BCUT2D eigenvalue weighted by molar-refractivity contribution is 6.10. The van der Waals surface area contributed by atoms with Gasteiger partial charge in [0.1, 0.15) is 5.75 Å². The number of benzene rings is 2. The van der Waals surface area contributed by atoms with Crippen LogP contribution in [0.5, 0.6) is 5.75 Å². The van der Waals surface area contributed by atoms with Gasteiger partial charge in [-0.1, -0.05) is 13.3 Å². The average molecular weight is 394 g/mol. The summed E-state index contributed by atoms with van der Waals surface area (Å²) in [6.07, 6.45) is 3.29. The van der Waals surface area contributed by atoms with E-state index in [0.717, 1.165) is 18.6 Å². The Morgan fingerprint density at radius 1 is 0.897 bits per heavy atom. The molecule has 0 radical (unpaired) electrons. The van der Waals surface area contributed by atoms with Crippen molar-refractivity contribution in [2.45, 2.75) is 33.6 Å². The summed E-state index contributed by atoms with van der Waals surface area (Å²) in [5, 5.41) is 5.41. The first-order chi connectivity index (χ1) is 13.9. The lowest BCUT2D eigenvalue weighted by atomic mass is 10.1. The van der Waals surface area contributed by atoms with Crippen LogP contribution in [0.25, 0.3) is 0 Å². The van der Waals surface area contributed by atoms with Gasteiger partial charge in [0.2, 0.25) is 5.91 Å². The van der Waals surface area contributed by atoms with Gasteiger partial charge < -0.3 is 15.4 Å². The van der Waals surface area contributed by atoms with Crippen molar-refractivity contribution in [1.82, 2.24) is 0 Å². The van der Waals surface area contributed by atoms with Crippen LogP contribution in [0.3, 0.4) is 0 Å². The zero-order valence-electron chi connectivity index (χ0n) is 17.0. The molecule has 0 heterocycles. The van der Waals surface area contributed by atoms with E-state index in [4.69, 9.17) is 4.74 Å². The van der Waals surface area contributed by atoms with E-state index >= 15 is 0 Å². The van der Waals surface area contributed by atoms with Crippen molar-refractivity contribution < 1.29 is 19.1 Å². The summed E-state index contributed by atoms with van der Waals surface area (Å²) in [5.74, 6) is -0.0886. The van der Waals surface area contributed by atoms with Gasteiger partial charge in [-0.3, -0.25) is 14.4 Å². The van der Waals surface area contributed by atoms with Crippen molar-refractivity contribution in [1.29, 1.82) is 0 Å². The van der Waals surface area contributed by atoms with Crippen LogP contribution in [-0.4, -0.2) is 24.2 Å². The number of hydrogen-bond donors (Lipinski definition) is 2. The first-order valence-corrected chi connectivity index (χ1v) is 9.53. The number of nitrogens with one attached hydrogen (secondary N) is 2. The summed E-state index contributed by atoms with van der Waals surface area (Å²) in [4.78, 5) is 35.7. The van der Waals surface area contributed by atoms with Crippen LogP contribution in [-0.2, 0) is 9.59 Å². The van der Waals surface area contributed by atoms with Crippen molar-refractivity contribution in [3.8, 4) is 5.75 Å². The van der Waals surface area contributed by atoms with E-state index in [1.165, 1.54) is 13.0 Å². The summed E-state index contributed by atoms with van der Waals surface area (Å²) in [5.41, 5.74) is 2.00. The standard InChI is InChI=1S/C23H26N2O4/c1-4-5-14-29-21-12-10-20(11-13-21)25-23(28)16(2)15-22(27)24-19-8-6-18(7-9-19)17(3)26/h6-13,15H,4-5,14H2,1-3H3,(H,24,27)(H,25,28)/b16-15-. The van der Waals surface area contributed by atoms with Crippen LogP contribution >= 0.6 is 0 Å². The molecule has 0 fully saturated rings. The Morgan fingerprint density at radius 2 is 1.48 bits per heavy atom. The predicted molar refractivity (Wildman–Crippen MR) is 114 cm³/mol. The van der Waals surface area contributed by atoms with Crippen LogP contribution in [0.2, 0.25) is 0 Å². The second-order valence-corrected chi connectivity index (χ2v) is 6.63. The van der Waals surface area contributed by atoms with E-state index in [9.17, 15) is 14.4 Å². The maximum absolute atomic E-state index is 12.3. The third-order valence-electron chi connectivity index (χ3n) is 4.14. The van der Waals surface area contributed by atoms with Crippen molar-refractivity contribution in [3.63, 3.8) is 0 Å². The molecule has 2 aromatic rings. The number of carbonyl (C=O) groups excluding carboxylic acids is 3. The zero-order chi connectivity index (χ0) is 21.2. The summed E-state index contributed by atoms with van der Waals surface area (Å²) in [6, 6.07) is 13.6. The maximum Gasteiger partial charge on any atom is 0.251 e. The molecule has 0 unspecified atom stereocenters. The molecule has 152 valence electrons. The molecule has 0 spiro atoms. The molecule has 0 aliphatic carbocycles. The molecule has 2 aromatic carbocycles. The second-order valence-electron chi connectivity index (χ2n) is 6.63. The summed E-state index contributed by atoms with van der Waals surface area (Å²) >= 11 is 0. The molecule has 6 nitrogen and oxygen atoms in total. The van der Waals surface area contributed by atoms with Crippen molar-refractivity contribution in [2.75, 3.05) is 17.2 Å². The zero-order valence-corrected chi connectivity index (χ0v) is 17.0. The largest absolute Gasteiger partial charge is 0.494 e. The molecule has 29 heavy (non-hydrogen) atoms. The smallest absolute Gasteiger partial charge is 0.251 e. The fraction of sp³-hybridized carbons (Fsp3) is 0.261. The van der Waals surface area contributed by atoms with Crippen LogP contribution in [0, 0.1) is 0 Å². The predicted octanol–water partition coefficient (Wildman–Crippen LogP) is 4.59. The molecule has 0 aliphatic rings. The third kappa shape index (κ3) is 7.25. The van der Waals surface area contributed by atoms with Crippen molar-refractivity contribution in [2.24, 2.45) is 0 Å². The number of unbranched alkanes of at least 4 members (excludes halogenated alkanes) is 1. The van der Waals surface area contributed by atoms with Crippen LogP contribution in [0.4, 0.5) is 11.4 Å². The molecule has 0 saturated carbocycles.